The molecule has 0 radical (unpaired) electrons. The first-order valence-electron chi connectivity index (χ1n) is 2.77. The lowest BCUT2D eigenvalue weighted by molar-refractivity contribution is 0.344. The molecule has 1 rings (SSSR count). The van der Waals surface area contributed by atoms with E-state index in [1.165, 1.54) is 0 Å². The first-order valence-corrected chi connectivity index (χ1v) is 2.77. The fourth-order valence-electron chi connectivity index (χ4n) is 0.427. The molecule has 9 heavy (non-hydrogen) atoms. The van der Waals surface area contributed by atoms with Gasteiger partial charge in [-0.2, -0.15) is 0 Å². The molecule has 0 saturated carbocycles. The van der Waals surface area contributed by atoms with E-state index in [0.717, 1.165) is 0 Å². The maximum Gasteiger partial charge on any atom is 0.0214 e. The number of nitrogens with zero attached hydrogens (tertiary/aromatic N) is 4. The molecule has 1 aromatic heterocycles. The minimum Gasteiger partial charge on any atom is -0.403 e. The van der Waals surface area contributed by atoms with E-state index in [0.29, 0.717) is 0 Å². The van der Waals surface area contributed by atoms with Gasteiger partial charge in [-0.3, -0.25) is 0 Å². The number of tetrazole rings is 1. The number of hydrogen-bond donors (Lipinski definition) is 0. The van der Waals surface area contributed by atoms with Gasteiger partial charge >= 0.3 is 0 Å². The summed E-state index contributed by atoms with van der Waals surface area (Å²) < 4.78 is 1.59. The van der Waals surface area contributed by atoms with Crippen molar-refractivity contribution < 1.29 is 0 Å². The smallest absolute Gasteiger partial charge is 0.0214 e. The van der Waals surface area contributed by atoms with E-state index >= 15 is 0 Å². The normalized spacial score (nSPS) is 11.9. The highest BCUT2D eigenvalue weighted by Crippen LogP contribution is 2.08. The molecule has 0 spiro atoms. The van der Waals surface area contributed by atoms with Crippen LogP contribution >= 0.6 is 0 Å². The van der Waals surface area contributed by atoms with Crippen LogP contribution in [0.3, 0.4) is 0 Å². The second-order valence-corrected chi connectivity index (χ2v) is 2.86. The van der Waals surface area contributed by atoms with Crippen LogP contribution in [0.2, 0.25) is 0 Å². The van der Waals surface area contributed by atoms with Gasteiger partial charge in [0.05, 0.1) is 0 Å². The SMILES string of the molecule is CC(C)(C)n1[c-]nnn1. The zero-order valence-electron chi connectivity index (χ0n) is 5.79. The molecular formula is C5H9N4-. The Morgan fingerprint density at radius 2 is 2.00 bits per heavy atom. The minimum atomic E-state index is -0.0521. The molecule has 0 aliphatic rings. The third-order valence-electron chi connectivity index (χ3n) is 0.949. The number of aromatic nitrogens is 4. The fraction of sp³-hybridized carbons (Fsp3) is 0.800. The van der Waals surface area contributed by atoms with Gasteiger partial charge in [0, 0.05) is 5.54 Å². The van der Waals surface area contributed by atoms with E-state index in [4.69, 9.17) is 0 Å². The molecule has 1 aromatic rings. The Kier molecular flexibility index (Phi) is 1.23. The highest BCUT2D eigenvalue weighted by Gasteiger charge is 2.05. The Morgan fingerprint density at radius 1 is 1.33 bits per heavy atom. The van der Waals surface area contributed by atoms with Crippen molar-refractivity contribution in [2.45, 2.75) is 26.3 Å². The molecule has 0 bridgehead atoms. The lowest BCUT2D eigenvalue weighted by Crippen LogP contribution is -2.22. The lowest BCUT2D eigenvalue weighted by Gasteiger charge is -2.24. The first-order chi connectivity index (χ1) is 4.11. The van der Waals surface area contributed by atoms with Crippen LogP contribution in [0.15, 0.2) is 0 Å². The summed E-state index contributed by atoms with van der Waals surface area (Å²) >= 11 is 0. The summed E-state index contributed by atoms with van der Waals surface area (Å²) in [6.45, 7) is 6.04. The standard InChI is InChI=1S/C5H9N4/c1-5(2,3)9-4-6-7-8-9/h1-3H3/q-1. The Bertz CT molecular complexity index is 171. The number of rotatable bonds is 0. The van der Waals surface area contributed by atoms with Crippen molar-refractivity contribution in [2.24, 2.45) is 0 Å². The second kappa shape index (κ2) is 1.79. The summed E-state index contributed by atoms with van der Waals surface area (Å²) in [4.78, 5) is 0. The summed E-state index contributed by atoms with van der Waals surface area (Å²) in [6.07, 6.45) is 2.62. The quantitative estimate of drug-likeness (QED) is 0.466. The zero-order chi connectivity index (χ0) is 6.91. The van der Waals surface area contributed by atoms with Gasteiger partial charge in [-0.25, -0.2) is 6.33 Å². The predicted octanol–water partition coefficient (Wildman–Crippen LogP) is 0.228. The van der Waals surface area contributed by atoms with Gasteiger partial charge in [0.15, 0.2) is 0 Å². The molecule has 0 unspecified atom stereocenters. The maximum absolute atomic E-state index is 3.69. The van der Waals surface area contributed by atoms with Crippen LogP contribution in [-0.4, -0.2) is 20.2 Å². The molecule has 4 nitrogen and oxygen atoms in total. The molecule has 0 fully saturated rings. The maximum atomic E-state index is 3.69. The van der Waals surface area contributed by atoms with Gasteiger partial charge in [-0.15, -0.1) is 0 Å². The molecule has 4 heteroatoms. The highest BCUT2D eigenvalue weighted by molar-refractivity contribution is 4.66. The molecule has 0 aliphatic heterocycles. The van der Waals surface area contributed by atoms with Crippen molar-refractivity contribution in [3.63, 3.8) is 0 Å². The Labute approximate surface area is 53.9 Å². The van der Waals surface area contributed by atoms with Crippen LogP contribution < -0.4 is 0 Å². The van der Waals surface area contributed by atoms with Crippen LogP contribution in [0.1, 0.15) is 20.8 Å². The highest BCUT2D eigenvalue weighted by atomic mass is 15.5. The minimum absolute atomic E-state index is 0.0521. The predicted molar refractivity (Wildman–Crippen MR) is 31.6 cm³/mol. The van der Waals surface area contributed by atoms with Crippen molar-refractivity contribution in [1.29, 1.82) is 0 Å². The Hall–Kier alpha value is -0.930. The topological polar surface area (TPSA) is 43.6 Å². The van der Waals surface area contributed by atoms with Crippen LogP contribution in [0.5, 0.6) is 0 Å². The summed E-state index contributed by atoms with van der Waals surface area (Å²) in [5.41, 5.74) is -0.0521. The van der Waals surface area contributed by atoms with E-state index in [-0.39, 0.29) is 5.54 Å². The third-order valence-corrected chi connectivity index (χ3v) is 0.949. The molecule has 0 amide bonds. The summed E-state index contributed by atoms with van der Waals surface area (Å²) in [7, 11) is 0. The largest absolute Gasteiger partial charge is 0.403 e. The van der Waals surface area contributed by atoms with Crippen LogP contribution in [0.25, 0.3) is 0 Å². The van der Waals surface area contributed by atoms with Crippen molar-refractivity contribution >= 4 is 0 Å². The molecule has 0 N–H and O–H groups in total. The summed E-state index contributed by atoms with van der Waals surface area (Å²) in [5, 5.41) is 10.5. The van der Waals surface area contributed by atoms with Crippen LogP contribution in [0, 0.1) is 6.33 Å². The van der Waals surface area contributed by atoms with E-state index in [1.807, 2.05) is 20.8 Å². The molecule has 0 aliphatic carbocycles. The molecule has 1 heterocycles. The second-order valence-electron chi connectivity index (χ2n) is 2.86. The van der Waals surface area contributed by atoms with E-state index in [9.17, 15) is 0 Å². The van der Waals surface area contributed by atoms with Crippen LogP contribution in [-0.2, 0) is 5.54 Å². The van der Waals surface area contributed by atoms with Crippen molar-refractivity contribution in [3.05, 3.63) is 6.33 Å². The van der Waals surface area contributed by atoms with Gasteiger partial charge in [-0.05, 0) is 20.8 Å². The Balaban J connectivity index is 2.90. The third kappa shape index (κ3) is 1.25. The molecule has 0 atom stereocenters. The van der Waals surface area contributed by atoms with Gasteiger partial charge in [0.1, 0.15) is 0 Å². The molecule has 50 valence electrons. The first kappa shape index (κ1) is 6.19. The number of hydrogen-bond acceptors (Lipinski definition) is 3. The molecular weight excluding hydrogens is 116 g/mol. The monoisotopic (exact) mass is 125 g/mol. The average molecular weight is 125 g/mol. The molecule has 0 aromatic carbocycles. The van der Waals surface area contributed by atoms with Crippen LogP contribution in [0.4, 0.5) is 0 Å². The van der Waals surface area contributed by atoms with Gasteiger partial charge in [-0.1, -0.05) is 10.4 Å². The van der Waals surface area contributed by atoms with Gasteiger partial charge in [0.25, 0.3) is 0 Å². The zero-order valence-corrected chi connectivity index (χ0v) is 5.79. The van der Waals surface area contributed by atoms with Gasteiger partial charge < -0.3 is 9.78 Å². The summed E-state index contributed by atoms with van der Waals surface area (Å²) in [5.74, 6) is 0. The van der Waals surface area contributed by atoms with E-state index in [2.05, 4.69) is 21.9 Å². The molecule has 0 saturated heterocycles. The van der Waals surface area contributed by atoms with Gasteiger partial charge in [0.2, 0.25) is 0 Å². The summed E-state index contributed by atoms with van der Waals surface area (Å²) in [6, 6.07) is 0. The fourth-order valence-corrected chi connectivity index (χ4v) is 0.427. The Morgan fingerprint density at radius 3 is 2.22 bits per heavy atom. The van der Waals surface area contributed by atoms with Crippen molar-refractivity contribution in [2.75, 3.05) is 0 Å². The lowest BCUT2D eigenvalue weighted by atomic mass is 10.1. The average Bonchev–Trinajstić information content (AvgIpc) is 2.08. The van der Waals surface area contributed by atoms with E-state index < -0.39 is 0 Å². The van der Waals surface area contributed by atoms with Crippen molar-refractivity contribution in [3.8, 4) is 0 Å². The van der Waals surface area contributed by atoms with Crippen molar-refractivity contribution in [1.82, 2.24) is 20.2 Å². The van der Waals surface area contributed by atoms with E-state index in [1.54, 1.807) is 4.68 Å².